The van der Waals surface area contributed by atoms with Gasteiger partial charge in [0.1, 0.15) is 0 Å². The molecule has 0 N–H and O–H groups in total. The molecule has 0 radical (unpaired) electrons. The molecule has 4 aliphatic rings. The highest BCUT2D eigenvalue weighted by atomic mass is 16.6. The molecule has 0 unspecified atom stereocenters. The van der Waals surface area contributed by atoms with Gasteiger partial charge in [0, 0.05) is 17.8 Å². The normalized spacial score (nSPS) is 46.7. The van der Waals surface area contributed by atoms with Crippen LogP contribution < -0.4 is 0 Å². The maximum atomic E-state index is 11.4. The molecule has 4 fully saturated rings. The van der Waals surface area contributed by atoms with E-state index in [9.17, 15) is 10.1 Å². The molecule has 9 atom stereocenters. The Morgan fingerprint density at radius 1 is 0.900 bits per heavy atom. The van der Waals surface area contributed by atoms with Crippen molar-refractivity contribution >= 4 is 0 Å². The second-order valence-electron chi connectivity index (χ2n) is 12.9. The molecule has 3 heteroatoms. The highest BCUT2D eigenvalue weighted by Gasteiger charge is 2.61. The number of fused-ring (bicyclic) bond motifs is 5. The van der Waals surface area contributed by atoms with E-state index >= 15 is 0 Å². The molecular formula is C27H47NO2. The quantitative estimate of drug-likeness (QED) is 0.327. The Balaban J connectivity index is 1.45. The molecule has 4 saturated carbocycles. The van der Waals surface area contributed by atoms with Gasteiger partial charge in [-0.25, -0.2) is 0 Å². The lowest BCUT2D eigenvalue weighted by molar-refractivity contribution is -0.531. The summed E-state index contributed by atoms with van der Waals surface area (Å²) in [5, 5.41) is 11.4. The van der Waals surface area contributed by atoms with Crippen LogP contribution in [0.2, 0.25) is 0 Å². The van der Waals surface area contributed by atoms with E-state index in [4.69, 9.17) is 0 Å². The first kappa shape index (κ1) is 22.6. The highest BCUT2D eigenvalue weighted by Crippen LogP contribution is 2.68. The van der Waals surface area contributed by atoms with E-state index in [1.54, 1.807) is 0 Å². The van der Waals surface area contributed by atoms with Gasteiger partial charge in [-0.05, 0) is 97.2 Å². The molecule has 0 aromatic heterocycles. The van der Waals surface area contributed by atoms with Crippen LogP contribution in [0.4, 0.5) is 0 Å². The maximum Gasteiger partial charge on any atom is 0.213 e. The van der Waals surface area contributed by atoms with Gasteiger partial charge in [-0.2, -0.15) is 0 Å². The zero-order valence-corrected chi connectivity index (χ0v) is 20.4. The monoisotopic (exact) mass is 417 g/mol. The van der Waals surface area contributed by atoms with Crippen molar-refractivity contribution in [2.24, 2.45) is 52.3 Å². The third kappa shape index (κ3) is 3.75. The van der Waals surface area contributed by atoms with Crippen LogP contribution in [0, 0.1) is 62.4 Å². The molecule has 0 saturated heterocycles. The van der Waals surface area contributed by atoms with Gasteiger partial charge in [0.05, 0.1) is 0 Å². The number of hydrogen-bond acceptors (Lipinski definition) is 2. The van der Waals surface area contributed by atoms with Crippen LogP contribution in [0.15, 0.2) is 0 Å². The van der Waals surface area contributed by atoms with Crippen LogP contribution in [0.5, 0.6) is 0 Å². The average Bonchev–Trinajstić information content (AvgIpc) is 3.04. The molecule has 0 bridgehead atoms. The molecule has 4 rings (SSSR count). The lowest BCUT2D eigenvalue weighted by Crippen LogP contribution is -2.54. The van der Waals surface area contributed by atoms with Gasteiger partial charge in [-0.1, -0.05) is 53.9 Å². The van der Waals surface area contributed by atoms with E-state index in [0.29, 0.717) is 16.7 Å². The Bertz CT molecular complexity index is 632. The summed E-state index contributed by atoms with van der Waals surface area (Å²) in [6, 6.07) is -0.268. The molecule has 30 heavy (non-hydrogen) atoms. The van der Waals surface area contributed by atoms with Crippen molar-refractivity contribution in [3.8, 4) is 0 Å². The van der Waals surface area contributed by atoms with E-state index < -0.39 is 0 Å². The number of hydrogen-bond donors (Lipinski definition) is 0. The molecule has 0 aromatic carbocycles. The maximum absolute atomic E-state index is 11.4. The SMILES string of the molecule is CC(C)CCC[C@@H](C)[C@@H]1CC[C@@H]2[C@@H]3CC[C@H]4C[C@H]([N+](=O)[O-])CC[C@]4(C)[C@H]3CC[C@]21C. The summed E-state index contributed by atoms with van der Waals surface area (Å²) in [5.74, 6) is 5.87. The minimum Gasteiger partial charge on any atom is -0.264 e. The number of nitro groups is 1. The van der Waals surface area contributed by atoms with Gasteiger partial charge in [0.15, 0.2) is 0 Å². The Kier molecular flexibility index (Phi) is 6.32. The fourth-order valence-electron chi connectivity index (χ4n) is 9.45. The van der Waals surface area contributed by atoms with Crippen molar-refractivity contribution in [1.29, 1.82) is 0 Å². The zero-order chi connectivity index (χ0) is 21.7. The smallest absolute Gasteiger partial charge is 0.213 e. The number of rotatable bonds is 6. The third-order valence-electron chi connectivity index (χ3n) is 11.1. The summed E-state index contributed by atoms with van der Waals surface area (Å²) in [5.41, 5.74) is 0.928. The first-order valence-corrected chi connectivity index (χ1v) is 13.3. The van der Waals surface area contributed by atoms with Crippen LogP contribution in [-0.4, -0.2) is 11.0 Å². The minimum atomic E-state index is -0.268. The van der Waals surface area contributed by atoms with Crippen LogP contribution in [-0.2, 0) is 0 Å². The van der Waals surface area contributed by atoms with Crippen molar-refractivity contribution in [2.75, 3.05) is 0 Å². The summed E-state index contributed by atoms with van der Waals surface area (Å²) in [6.45, 7) is 12.5. The molecule has 172 valence electrons. The van der Waals surface area contributed by atoms with Gasteiger partial charge in [0.2, 0.25) is 6.04 Å². The van der Waals surface area contributed by atoms with Gasteiger partial charge >= 0.3 is 0 Å². The van der Waals surface area contributed by atoms with Crippen molar-refractivity contribution in [3.63, 3.8) is 0 Å². The highest BCUT2D eigenvalue weighted by molar-refractivity contribution is 5.09. The molecule has 3 nitrogen and oxygen atoms in total. The summed E-state index contributed by atoms with van der Waals surface area (Å²) >= 11 is 0. The van der Waals surface area contributed by atoms with E-state index in [-0.39, 0.29) is 11.0 Å². The second-order valence-corrected chi connectivity index (χ2v) is 12.9. The molecule has 0 spiro atoms. The summed E-state index contributed by atoms with van der Waals surface area (Å²) in [4.78, 5) is 11.4. The zero-order valence-electron chi connectivity index (χ0n) is 20.4. The fourth-order valence-corrected chi connectivity index (χ4v) is 9.45. The van der Waals surface area contributed by atoms with Gasteiger partial charge in [-0.3, -0.25) is 10.1 Å². The second kappa shape index (κ2) is 8.39. The summed E-state index contributed by atoms with van der Waals surface area (Å²) < 4.78 is 0. The summed E-state index contributed by atoms with van der Waals surface area (Å²) in [7, 11) is 0. The first-order chi connectivity index (χ1) is 14.2. The van der Waals surface area contributed by atoms with E-state index in [1.165, 1.54) is 57.8 Å². The Hall–Kier alpha value is -0.600. The third-order valence-corrected chi connectivity index (χ3v) is 11.1. The Labute approximate surface area is 185 Å². The van der Waals surface area contributed by atoms with E-state index in [2.05, 4.69) is 34.6 Å². The van der Waals surface area contributed by atoms with Crippen LogP contribution in [0.25, 0.3) is 0 Å². The lowest BCUT2D eigenvalue weighted by atomic mass is 9.44. The predicted molar refractivity (Wildman–Crippen MR) is 124 cm³/mol. The first-order valence-electron chi connectivity index (χ1n) is 13.3. The molecule has 0 aromatic rings. The van der Waals surface area contributed by atoms with Gasteiger partial charge in [0.25, 0.3) is 0 Å². The van der Waals surface area contributed by atoms with Crippen LogP contribution >= 0.6 is 0 Å². The largest absolute Gasteiger partial charge is 0.264 e. The molecule has 4 aliphatic carbocycles. The Morgan fingerprint density at radius 2 is 1.60 bits per heavy atom. The lowest BCUT2D eigenvalue weighted by Gasteiger charge is -2.60. The van der Waals surface area contributed by atoms with Gasteiger partial charge < -0.3 is 0 Å². The minimum absolute atomic E-state index is 0.0197. The van der Waals surface area contributed by atoms with Crippen LogP contribution in [0.1, 0.15) is 112 Å². The standard InChI is InChI=1S/C27H47NO2/c1-18(2)7-6-8-19(3)23-11-12-24-22-10-9-20-17-21(28(29)30)13-15-26(20,4)25(22)14-16-27(23,24)5/h18-25H,6-17H2,1-5H3/t19-,20+,21-,22+,23+,24-,25+,26+,27+/m1/s1. The molecule has 0 heterocycles. The topological polar surface area (TPSA) is 43.1 Å². The van der Waals surface area contributed by atoms with E-state index in [0.717, 1.165) is 54.8 Å². The van der Waals surface area contributed by atoms with Crippen molar-refractivity contribution in [3.05, 3.63) is 10.1 Å². The molecule has 0 amide bonds. The fraction of sp³-hybridized carbons (Fsp3) is 1.00. The molecule has 0 aliphatic heterocycles. The number of nitrogens with zero attached hydrogens (tertiary/aromatic N) is 1. The van der Waals surface area contributed by atoms with Crippen molar-refractivity contribution in [2.45, 2.75) is 118 Å². The summed E-state index contributed by atoms with van der Waals surface area (Å²) in [6.07, 6.45) is 15.3. The van der Waals surface area contributed by atoms with Crippen molar-refractivity contribution < 1.29 is 4.92 Å². The van der Waals surface area contributed by atoms with Gasteiger partial charge in [-0.15, -0.1) is 0 Å². The van der Waals surface area contributed by atoms with Crippen molar-refractivity contribution in [1.82, 2.24) is 0 Å². The van der Waals surface area contributed by atoms with Crippen LogP contribution in [0.3, 0.4) is 0 Å². The average molecular weight is 418 g/mol. The Morgan fingerprint density at radius 3 is 2.30 bits per heavy atom. The predicted octanol–water partition coefficient (Wildman–Crippen LogP) is 7.75. The molecular weight excluding hydrogens is 370 g/mol. The van der Waals surface area contributed by atoms with E-state index in [1.807, 2.05) is 0 Å².